The second-order valence-corrected chi connectivity index (χ2v) is 8.99. The predicted octanol–water partition coefficient (Wildman–Crippen LogP) is 6.40. The van der Waals surface area contributed by atoms with Crippen molar-refractivity contribution in [2.45, 2.75) is 27.2 Å². The van der Waals surface area contributed by atoms with Crippen LogP contribution in [0.5, 0.6) is 17.2 Å². The molecule has 5 heteroatoms. The number of carbonyl (C=O) groups excluding carboxylic acids is 1. The van der Waals surface area contributed by atoms with Crippen molar-refractivity contribution >= 4 is 27.2 Å². The van der Waals surface area contributed by atoms with Gasteiger partial charge in [0.2, 0.25) is 5.78 Å². The Hall–Kier alpha value is -3.15. The van der Waals surface area contributed by atoms with Crippen molar-refractivity contribution < 1.29 is 14.6 Å². The Labute approximate surface area is 192 Å². The van der Waals surface area contributed by atoms with E-state index in [1.807, 2.05) is 44.2 Å². The molecule has 4 rings (SSSR count). The van der Waals surface area contributed by atoms with Crippen molar-refractivity contribution in [3.63, 3.8) is 0 Å². The Morgan fingerprint density at radius 3 is 2.56 bits per heavy atom. The molecule has 0 radical (unpaired) electrons. The number of nitrogens with one attached hydrogen (secondary N) is 1. The van der Waals surface area contributed by atoms with Gasteiger partial charge in [0, 0.05) is 15.6 Å². The van der Waals surface area contributed by atoms with Crippen LogP contribution in [0.15, 0.2) is 60.7 Å². The second kappa shape index (κ2) is 9.55. The number of carbonyl (C=O) groups is 1. The molecule has 32 heavy (non-hydrogen) atoms. The predicted molar refractivity (Wildman–Crippen MR) is 132 cm³/mol. The van der Waals surface area contributed by atoms with Crippen LogP contribution < -0.4 is 10.1 Å². The van der Waals surface area contributed by atoms with Crippen LogP contribution >= 0.6 is 11.3 Å². The van der Waals surface area contributed by atoms with Crippen molar-refractivity contribution in [3.05, 3.63) is 87.8 Å². The van der Waals surface area contributed by atoms with Crippen LogP contribution in [-0.4, -0.2) is 24.0 Å². The number of aromatic hydroxyl groups is 1. The van der Waals surface area contributed by atoms with Gasteiger partial charge in [-0.15, -0.1) is 11.3 Å². The standard InChI is InChI=1S/C27H27NO3S/c1-4-28-14-13-19-7-10-21(11-8-19)31-26-22-12-9-20(29)16-24(22)32-27(26)25(30)23-15-17(2)5-6-18(23)3/h5-12,15-16,28-29H,4,13-14H2,1-3H3. The molecule has 0 bridgehead atoms. The molecule has 0 aliphatic rings. The normalized spacial score (nSPS) is 11.1. The number of benzene rings is 3. The number of ketones is 1. The van der Waals surface area contributed by atoms with E-state index >= 15 is 0 Å². The summed E-state index contributed by atoms with van der Waals surface area (Å²) < 4.78 is 7.10. The monoisotopic (exact) mass is 445 g/mol. The smallest absolute Gasteiger partial charge is 0.207 e. The quantitative estimate of drug-likeness (QED) is 0.243. The molecule has 0 amide bonds. The first-order chi connectivity index (χ1) is 15.5. The lowest BCUT2D eigenvalue weighted by Crippen LogP contribution is -2.15. The topological polar surface area (TPSA) is 58.6 Å². The maximum Gasteiger partial charge on any atom is 0.207 e. The highest BCUT2D eigenvalue weighted by atomic mass is 32.1. The Morgan fingerprint density at radius 2 is 1.81 bits per heavy atom. The molecule has 0 atom stereocenters. The molecule has 0 aliphatic carbocycles. The number of hydrogen-bond donors (Lipinski definition) is 2. The number of phenols is 1. The van der Waals surface area contributed by atoms with Gasteiger partial charge in [0.05, 0.1) is 0 Å². The summed E-state index contributed by atoms with van der Waals surface area (Å²) in [5, 5.41) is 14.1. The molecule has 0 aliphatic heterocycles. The van der Waals surface area contributed by atoms with Crippen LogP contribution in [0.2, 0.25) is 0 Å². The van der Waals surface area contributed by atoms with Gasteiger partial charge in [0.25, 0.3) is 0 Å². The average Bonchev–Trinajstić information content (AvgIpc) is 3.13. The van der Waals surface area contributed by atoms with Crippen molar-refractivity contribution in [1.29, 1.82) is 0 Å². The lowest BCUT2D eigenvalue weighted by Gasteiger charge is -2.10. The van der Waals surface area contributed by atoms with E-state index in [-0.39, 0.29) is 11.5 Å². The number of ether oxygens (including phenoxy) is 1. The number of thiophene rings is 1. The Kier molecular flexibility index (Phi) is 6.58. The maximum absolute atomic E-state index is 13.5. The summed E-state index contributed by atoms with van der Waals surface area (Å²) in [6, 6.07) is 19.0. The minimum atomic E-state index is -0.0656. The van der Waals surface area contributed by atoms with E-state index in [2.05, 4.69) is 24.4 Å². The van der Waals surface area contributed by atoms with Gasteiger partial charge in [-0.25, -0.2) is 0 Å². The van der Waals surface area contributed by atoms with Gasteiger partial charge in [-0.05, 0) is 80.9 Å². The van der Waals surface area contributed by atoms with E-state index in [9.17, 15) is 9.90 Å². The molecule has 1 aromatic heterocycles. The van der Waals surface area contributed by atoms with Crippen LogP contribution in [0.3, 0.4) is 0 Å². The summed E-state index contributed by atoms with van der Waals surface area (Å²) in [7, 11) is 0. The van der Waals surface area contributed by atoms with Crippen molar-refractivity contribution in [2.24, 2.45) is 0 Å². The summed E-state index contributed by atoms with van der Waals surface area (Å²) in [5.74, 6) is 1.32. The molecule has 0 fully saturated rings. The Morgan fingerprint density at radius 1 is 1.03 bits per heavy atom. The number of fused-ring (bicyclic) bond motifs is 1. The summed E-state index contributed by atoms with van der Waals surface area (Å²) in [6.45, 7) is 7.91. The minimum absolute atomic E-state index is 0.0656. The zero-order valence-corrected chi connectivity index (χ0v) is 19.4. The van der Waals surface area contributed by atoms with Gasteiger partial charge in [0.15, 0.2) is 5.75 Å². The fourth-order valence-corrected chi connectivity index (χ4v) is 4.78. The molecular formula is C27H27NO3S. The van der Waals surface area contributed by atoms with Crippen LogP contribution in [0, 0.1) is 13.8 Å². The zero-order valence-electron chi connectivity index (χ0n) is 18.6. The summed E-state index contributed by atoms with van der Waals surface area (Å²) in [5.41, 5.74) is 3.86. The molecule has 0 saturated carbocycles. The van der Waals surface area contributed by atoms with Crippen LogP contribution in [0.1, 0.15) is 38.8 Å². The van der Waals surface area contributed by atoms with Crippen molar-refractivity contribution in [2.75, 3.05) is 13.1 Å². The van der Waals surface area contributed by atoms with Crippen LogP contribution in [-0.2, 0) is 6.42 Å². The van der Waals surface area contributed by atoms with E-state index < -0.39 is 0 Å². The highest BCUT2D eigenvalue weighted by Gasteiger charge is 2.23. The molecular weight excluding hydrogens is 418 g/mol. The third kappa shape index (κ3) is 4.69. The van der Waals surface area contributed by atoms with Gasteiger partial charge in [0.1, 0.15) is 16.4 Å². The first-order valence-corrected chi connectivity index (χ1v) is 11.6. The molecule has 2 N–H and O–H groups in total. The van der Waals surface area contributed by atoms with Gasteiger partial charge >= 0.3 is 0 Å². The first-order valence-electron chi connectivity index (χ1n) is 10.8. The van der Waals surface area contributed by atoms with Crippen LogP contribution in [0.4, 0.5) is 0 Å². The number of aryl methyl sites for hydroxylation is 2. The van der Waals surface area contributed by atoms with E-state index in [0.717, 1.165) is 40.7 Å². The first kappa shape index (κ1) is 22.1. The summed E-state index contributed by atoms with van der Waals surface area (Å²) in [6.07, 6.45) is 0.950. The number of phenolic OH excluding ortho intramolecular Hbond substituents is 1. The molecule has 1 heterocycles. The average molecular weight is 446 g/mol. The largest absolute Gasteiger partial charge is 0.508 e. The van der Waals surface area contributed by atoms with Gasteiger partial charge in [-0.3, -0.25) is 4.79 Å². The highest BCUT2D eigenvalue weighted by molar-refractivity contribution is 7.21. The highest BCUT2D eigenvalue weighted by Crippen LogP contribution is 2.43. The fraction of sp³-hybridized carbons (Fsp3) is 0.222. The third-order valence-corrected chi connectivity index (χ3v) is 6.59. The van der Waals surface area contributed by atoms with E-state index in [1.54, 1.807) is 18.2 Å². The fourth-order valence-electron chi connectivity index (χ4n) is 3.67. The van der Waals surface area contributed by atoms with Gasteiger partial charge in [-0.2, -0.15) is 0 Å². The maximum atomic E-state index is 13.5. The van der Waals surface area contributed by atoms with Crippen molar-refractivity contribution in [1.82, 2.24) is 5.32 Å². The number of hydrogen-bond acceptors (Lipinski definition) is 5. The summed E-state index contributed by atoms with van der Waals surface area (Å²) in [4.78, 5) is 14.1. The molecule has 0 unspecified atom stereocenters. The molecule has 4 nitrogen and oxygen atoms in total. The van der Waals surface area contributed by atoms with Gasteiger partial charge < -0.3 is 15.2 Å². The number of likely N-dealkylation sites (N-methyl/N-ethyl adjacent to an activating group) is 1. The molecule has 0 spiro atoms. The second-order valence-electron chi connectivity index (χ2n) is 7.94. The molecule has 0 saturated heterocycles. The van der Waals surface area contributed by atoms with E-state index in [4.69, 9.17) is 4.74 Å². The Bertz CT molecular complexity index is 1260. The van der Waals surface area contributed by atoms with Crippen molar-refractivity contribution in [3.8, 4) is 17.2 Å². The minimum Gasteiger partial charge on any atom is -0.508 e. The SMILES string of the molecule is CCNCCc1ccc(Oc2c(C(=O)c3cc(C)ccc3C)sc3cc(O)ccc23)cc1. The number of rotatable bonds is 8. The van der Waals surface area contributed by atoms with Crippen LogP contribution in [0.25, 0.3) is 10.1 Å². The lowest BCUT2D eigenvalue weighted by molar-refractivity contribution is 0.104. The third-order valence-electron chi connectivity index (χ3n) is 5.46. The Balaban J connectivity index is 1.71. The van der Waals surface area contributed by atoms with Gasteiger partial charge in [-0.1, -0.05) is 36.8 Å². The summed E-state index contributed by atoms with van der Waals surface area (Å²) >= 11 is 1.35. The lowest BCUT2D eigenvalue weighted by atomic mass is 10.0. The molecule has 4 aromatic rings. The molecule has 3 aromatic carbocycles. The van der Waals surface area contributed by atoms with E-state index in [1.165, 1.54) is 16.9 Å². The van der Waals surface area contributed by atoms with E-state index in [0.29, 0.717) is 21.9 Å². The zero-order chi connectivity index (χ0) is 22.7. The molecule has 164 valence electrons.